The molecule has 4 aromatic rings. The monoisotopic (exact) mass is 522 g/mol. The number of halogens is 1. The maximum atomic E-state index is 13.0. The highest BCUT2D eigenvalue weighted by molar-refractivity contribution is 7.99. The summed E-state index contributed by atoms with van der Waals surface area (Å²) in [5.74, 6) is -0.277. The number of anilines is 2. The molecule has 0 unspecified atom stereocenters. The Labute approximate surface area is 214 Å². The molecule has 0 saturated heterocycles. The van der Waals surface area contributed by atoms with Gasteiger partial charge in [0.05, 0.1) is 24.2 Å². The zero-order valence-electron chi connectivity index (χ0n) is 18.9. The maximum absolute atomic E-state index is 13.0. The molecule has 0 heterocycles. The Morgan fingerprint density at radius 1 is 0.857 bits per heavy atom. The molecule has 5 nitrogen and oxygen atoms in total. The van der Waals surface area contributed by atoms with Gasteiger partial charge in [0, 0.05) is 20.4 Å². The van der Waals surface area contributed by atoms with Crippen LogP contribution in [0.2, 0.25) is 5.02 Å². The average molecular weight is 523 g/mol. The summed E-state index contributed by atoms with van der Waals surface area (Å²) in [6.45, 7) is 0.158. The molecule has 0 aliphatic carbocycles. The molecule has 1 N–H and O–H groups in total. The minimum Gasteiger partial charge on any atom is -0.321 e. The smallest absolute Gasteiger partial charge is 0.255 e. The van der Waals surface area contributed by atoms with Crippen molar-refractivity contribution >= 4 is 50.7 Å². The number of rotatable bonds is 8. The van der Waals surface area contributed by atoms with Crippen molar-refractivity contribution in [2.45, 2.75) is 16.3 Å². The molecule has 0 radical (unpaired) electrons. The second-order valence-corrected chi connectivity index (χ2v) is 11.3. The van der Waals surface area contributed by atoms with Gasteiger partial charge in [-0.05, 0) is 66.2 Å². The van der Waals surface area contributed by atoms with Crippen LogP contribution in [0.1, 0.15) is 15.9 Å². The quantitative estimate of drug-likeness (QED) is 0.279. The molecule has 0 aliphatic heterocycles. The van der Waals surface area contributed by atoms with Crippen LogP contribution in [-0.2, 0) is 16.6 Å². The van der Waals surface area contributed by atoms with Gasteiger partial charge in [-0.15, -0.1) is 0 Å². The van der Waals surface area contributed by atoms with Gasteiger partial charge in [0.1, 0.15) is 0 Å². The molecule has 4 rings (SSSR count). The number of carbonyl (C=O) groups is 1. The fraction of sp³-hybridized carbons (Fsp3) is 0.0741. The van der Waals surface area contributed by atoms with Crippen LogP contribution < -0.4 is 9.62 Å². The van der Waals surface area contributed by atoms with E-state index in [1.54, 1.807) is 60.3 Å². The third-order valence-corrected chi connectivity index (χ3v) is 7.64. The normalized spacial score (nSPS) is 11.1. The van der Waals surface area contributed by atoms with Crippen molar-refractivity contribution < 1.29 is 13.2 Å². The average Bonchev–Trinajstić information content (AvgIpc) is 2.85. The summed E-state index contributed by atoms with van der Waals surface area (Å²) >= 11 is 7.51. The van der Waals surface area contributed by atoms with Gasteiger partial charge < -0.3 is 5.32 Å². The van der Waals surface area contributed by atoms with E-state index in [9.17, 15) is 13.2 Å². The second-order valence-electron chi connectivity index (χ2n) is 7.81. The molecule has 0 atom stereocenters. The number of amides is 1. The Balaban J connectivity index is 1.51. The zero-order chi connectivity index (χ0) is 24.8. The van der Waals surface area contributed by atoms with Crippen molar-refractivity contribution in [2.75, 3.05) is 15.9 Å². The predicted molar refractivity (Wildman–Crippen MR) is 144 cm³/mol. The number of nitrogens with one attached hydrogen (secondary N) is 1. The van der Waals surface area contributed by atoms with Crippen LogP contribution in [0.25, 0.3) is 0 Å². The first kappa shape index (κ1) is 24.9. The minimum atomic E-state index is -3.55. The fourth-order valence-corrected chi connectivity index (χ4v) is 5.34. The summed E-state index contributed by atoms with van der Waals surface area (Å²) in [5.41, 5.74) is 2.40. The number of benzene rings is 4. The van der Waals surface area contributed by atoms with Crippen LogP contribution >= 0.6 is 23.4 Å². The second kappa shape index (κ2) is 11.0. The Hall–Kier alpha value is -3.26. The number of sulfonamides is 1. The van der Waals surface area contributed by atoms with Gasteiger partial charge in [-0.25, -0.2) is 8.42 Å². The Kier molecular flexibility index (Phi) is 7.80. The molecule has 178 valence electrons. The molecule has 0 saturated carbocycles. The van der Waals surface area contributed by atoms with Crippen LogP contribution in [0, 0.1) is 0 Å². The molecule has 0 spiro atoms. The van der Waals surface area contributed by atoms with Gasteiger partial charge in [0.15, 0.2) is 0 Å². The third kappa shape index (κ3) is 6.66. The minimum absolute atomic E-state index is 0.158. The molecule has 1 amide bonds. The Morgan fingerprint density at radius 3 is 2.14 bits per heavy atom. The van der Waals surface area contributed by atoms with Gasteiger partial charge in [-0.2, -0.15) is 0 Å². The highest BCUT2D eigenvalue weighted by Crippen LogP contribution is 2.33. The maximum Gasteiger partial charge on any atom is 0.255 e. The molecular formula is C27H23ClN2O3S2. The third-order valence-electron chi connectivity index (χ3n) is 5.16. The topological polar surface area (TPSA) is 66.5 Å². The van der Waals surface area contributed by atoms with E-state index in [-0.39, 0.29) is 12.5 Å². The summed E-state index contributed by atoms with van der Waals surface area (Å²) in [5, 5.41) is 3.55. The van der Waals surface area contributed by atoms with E-state index >= 15 is 0 Å². The van der Waals surface area contributed by atoms with Gasteiger partial charge in [-0.3, -0.25) is 9.10 Å². The summed E-state index contributed by atoms with van der Waals surface area (Å²) < 4.78 is 26.2. The van der Waals surface area contributed by atoms with Crippen molar-refractivity contribution in [3.05, 3.63) is 119 Å². The van der Waals surface area contributed by atoms with Gasteiger partial charge in [0.25, 0.3) is 5.91 Å². The van der Waals surface area contributed by atoms with E-state index < -0.39 is 10.0 Å². The van der Waals surface area contributed by atoms with Crippen molar-refractivity contribution in [2.24, 2.45) is 0 Å². The van der Waals surface area contributed by atoms with E-state index in [1.807, 2.05) is 54.6 Å². The van der Waals surface area contributed by atoms with E-state index in [0.717, 1.165) is 21.6 Å². The zero-order valence-corrected chi connectivity index (χ0v) is 21.3. The van der Waals surface area contributed by atoms with Crippen LogP contribution in [-0.4, -0.2) is 20.6 Å². The van der Waals surface area contributed by atoms with Crippen molar-refractivity contribution in [1.29, 1.82) is 0 Å². The molecular weight excluding hydrogens is 500 g/mol. The van der Waals surface area contributed by atoms with E-state index in [0.29, 0.717) is 22.0 Å². The Bertz CT molecular complexity index is 1410. The standard InChI is InChI=1S/C27H23ClN2O3S2/c1-35(32,33)30(19-20-11-15-22(28)16-12-20)23-17-13-21(14-18-23)27(31)29-25-9-5-6-10-26(25)34-24-7-3-2-4-8-24/h2-18H,19H2,1H3,(H,29,31). The van der Waals surface area contributed by atoms with Gasteiger partial charge >= 0.3 is 0 Å². The van der Waals surface area contributed by atoms with Crippen LogP contribution in [0.3, 0.4) is 0 Å². The van der Waals surface area contributed by atoms with Crippen LogP contribution in [0.15, 0.2) is 113 Å². The molecule has 0 bridgehead atoms. The number of hydrogen-bond donors (Lipinski definition) is 1. The summed E-state index contributed by atoms with van der Waals surface area (Å²) in [7, 11) is -3.55. The largest absolute Gasteiger partial charge is 0.321 e. The van der Waals surface area contributed by atoms with Crippen molar-refractivity contribution in [3.8, 4) is 0 Å². The molecule has 8 heteroatoms. The number of hydrogen-bond acceptors (Lipinski definition) is 4. The summed E-state index contributed by atoms with van der Waals surface area (Å²) in [4.78, 5) is 15.0. The SMILES string of the molecule is CS(=O)(=O)N(Cc1ccc(Cl)cc1)c1ccc(C(=O)Nc2ccccc2Sc2ccccc2)cc1. The number of para-hydroxylation sites is 1. The van der Waals surface area contributed by atoms with Gasteiger partial charge in [0.2, 0.25) is 10.0 Å². The number of nitrogens with zero attached hydrogens (tertiary/aromatic N) is 1. The van der Waals surface area contributed by atoms with Crippen molar-refractivity contribution in [3.63, 3.8) is 0 Å². The van der Waals surface area contributed by atoms with Gasteiger partial charge in [-0.1, -0.05) is 65.8 Å². The molecule has 4 aromatic carbocycles. The van der Waals surface area contributed by atoms with E-state index in [1.165, 1.54) is 4.31 Å². The molecule has 0 fully saturated rings. The molecule has 35 heavy (non-hydrogen) atoms. The number of carbonyl (C=O) groups excluding carboxylic acids is 1. The van der Waals surface area contributed by atoms with E-state index in [2.05, 4.69) is 5.32 Å². The first-order valence-corrected chi connectivity index (χ1v) is 13.8. The molecule has 0 aromatic heterocycles. The van der Waals surface area contributed by atoms with E-state index in [4.69, 9.17) is 11.6 Å². The summed E-state index contributed by atoms with van der Waals surface area (Å²) in [6, 6.07) is 31.1. The van der Waals surface area contributed by atoms with Crippen molar-refractivity contribution in [1.82, 2.24) is 0 Å². The summed E-state index contributed by atoms with van der Waals surface area (Å²) in [6.07, 6.45) is 1.16. The lowest BCUT2D eigenvalue weighted by Gasteiger charge is -2.23. The predicted octanol–water partition coefficient (Wildman–Crippen LogP) is 6.71. The van der Waals surface area contributed by atoms with Crippen LogP contribution in [0.5, 0.6) is 0 Å². The fourth-order valence-electron chi connectivity index (χ4n) is 3.40. The lowest BCUT2D eigenvalue weighted by molar-refractivity contribution is 0.102. The lowest BCUT2D eigenvalue weighted by Crippen LogP contribution is -2.29. The molecule has 0 aliphatic rings. The van der Waals surface area contributed by atoms with Crippen LogP contribution in [0.4, 0.5) is 11.4 Å². The highest BCUT2D eigenvalue weighted by atomic mass is 35.5. The lowest BCUT2D eigenvalue weighted by atomic mass is 10.1. The highest BCUT2D eigenvalue weighted by Gasteiger charge is 2.19. The Morgan fingerprint density at radius 2 is 1.49 bits per heavy atom. The first-order chi connectivity index (χ1) is 16.8. The first-order valence-electron chi connectivity index (χ1n) is 10.7.